The van der Waals surface area contributed by atoms with E-state index in [1.165, 1.54) is 18.2 Å². The lowest BCUT2D eigenvalue weighted by Gasteiger charge is -2.10. The Morgan fingerprint density at radius 3 is 2.67 bits per heavy atom. The first-order valence-electron chi connectivity index (χ1n) is 7.47. The fraction of sp³-hybridized carbons (Fsp3) is 0.600. The molecule has 2 aliphatic rings. The van der Waals surface area contributed by atoms with Gasteiger partial charge in [0.25, 0.3) is 0 Å². The van der Waals surface area contributed by atoms with Gasteiger partial charge in [-0.2, -0.15) is 0 Å². The van der Waals surface area contributed by atoms with E-state index in [9.17, 15) is 12.8 Å². The summed E-state index contributed by atoms with van der Waals surface area (Å²) in [4.78, 5) is 0.143. The van der Waals surface area contributed by atoms with Gasteiger partial charge in [-0.25, -0.2) is 17.5 Å². The molecule has 2 unspecified atom stereocenters. The van der Waals surface area contributed by atoms with Crippen molar-refractivity contribution in [1.82, 2.24) is 10.0 Å². The monoisotopic (exact) mass is 312 g/mol. The summed E-state index contributed by atoms with van der Waals surface area (Å²) in [6.07, 6.45) is 3.30. The molecular formula is C15H21FN2O2S. The first-order valence-corrected chi connectivity index (χ1v) is 8.95. The van der Waals surface area contributed by atoms with Gasteiger partial charge in [0.15, 0.2) is 0 Å². The van der Waals surface area contributed by atoms with Gasteiger partial charge in [-0.3, -0.25) is 0 Å². The van der Waals surface area contributed by atoms with Crippen LogP contribution in [0.2, 0.25) is 0 Å². The average Bonchev–Trinajstić information content (AvgIpc) is 3.33. The fourth-order valence-electron chi connectivity index (χ4n) is 2.38. The van der Waals surface area contributed by atoms with Crippen molar-refractivity contribution in [3.8, 4) is 0 Å². The zero-order chi connectivity index (χ0) is 15.0. The van der Waals surface area contributed by atoms with Gasteiger partial charge in [0.05, 0.1) is 4.90 Å². The summed E-state index contributed by atoms with van der Waals surface area (Å²) < 4.78 is 40.8. The molecule has 6 heteroatoms. The zero-order valence-electron chi connectivity index (χ0n) is 12.1. The van der Waals surface area contributed by atoms with E-state index in [2.05, 4.69) is 17.0 Å². The molecule has 0 amide bonds. The second-order valence-electron chi connectivity index (χ2n) is 6.23. The van der Waals surface area contributed by atoms with Gasteiger partial charge in [-0.1, -0.05) is 6.92 Å². The van der Waals surface area contributed by atoms with Crippen molar-refractivity contribution in [3.05, 3.63) is 29.6 Å². The van der Waals surface area contributed by atoms with Crippen molar-refractivity contribution in [2.45, 2.75) is 43.7 Å². The van der Waals surface area contributed by atoms with Gasteiger partial charge in [-0.05, 0) is 49.3 Å². The van der Waals surface area contributed by atoms with Crippen molar-refractivity contribution in [2.75, 3.05) is 6.54 Å². The lowest BCUT2D eigenvalue weighted by atomic mass is 10.2. The van der Waals surface area contributed by atoms with Crippen molar-refractivity contribution >= 4 is 10.0 Å². The molecule has 0 radical (unpaired) electrons. The normalized spacial score (nSPS) is 25.0. The molecule has 0 spiro atoms. The number of rotatable bonds is 7. The van der Waals surface area contributed by atoms with Gasteiger partial charge in [0.1, 0.15) is 5.82 Å². The highest BCUT2D eigenvalue weighted by Gasteiger charge is 2.33. The molecule has 0 saturated heterocycles. The van der Waals surface area contributed by atoms with E-state index in [4.69, 9.17) is 0 Å². The Kier molecular flexibility index (Phi) is 4.03. The topological polar surface area (TPSA) is 58.2 Å². The number of nitrogens with one attached hydrogen (secondary N) is 2. The number of benzene rings is 1. The summed E-state index contributed by atoms with van der Waals surface area (Å²) in [6, 6.07) is 4.45. The van der Waals surface area contributed by atoms with Gasteiger partial charge >= 0.3 is 0 Å². The molecule has 0 aliphatic heterocycles. The Labute approximate surface area is 125 Å². The number of hydrogen-bond acceptors (Lipinski definition) is 3. The SMILES string of the molecule is CC1CC1CNS(=O)(=O)c1ccc(F)c(CNC2CC2)c1. The van der Waals surface area contributed by atoms with E-state index in [-0.39, 0.29) is 10.7 Å². The maximum Gasteiger partial charge on any atom is 0.240 e. The van der Waals surface area contributed by atoms with Crippen LogP contribution in [0.25, 0.3) is 0 Å². The van der Waals surface area contributed by atoms with E-state index >= 15 is 0 Å². The highest BCUT2D eigenvalue weighted by Crippen LogP contribution is 2.37. The largest absolute Gasteiger partial charge is 0.310 e. The van der Waals surface area contributed by atoms with E-state index in [1.54, 1.807) is 0 Å². The molecule has 0 aromatic heterocycles. The molecule has 2 N–H and O–H groups in total. The number of hydrogen-bond donors (Lipinski definition) is 2. The smallest absolute Gasteiger partial charge is 0.240 e. The summed E-state index contributed by atoms with van der Waals surface area (Å²) in [7, 11) is -3.55. The van der Waals surface area contributed by atoms with Crippen LogP contribution in [0.5, 0.6) is 0 Å². The Bertz CT molecular complexity index is 629. The Morgan fingerprint density at radius 1 is 1.33 bits per heavy atom. The summed E-state index contributed by atoms with van der Waals surface area (Å²) in [5, 5.41) is 3.20. The van der Waals surface area contributed by atoms with Gasteiger partial charge in [0, 0.05) is 24.7 Å². The molecule has 2 saturated carbocycles. The molecule has 1 aromatic rings. The van der Waals surface area contributed by atoms with Crippen molar-refractivity contribution in [3.63, 3.8) is 0 Å². The highest BCUT2D eigenvalue weighted by atomic mass is 32.2. The zero-order valence-corrected chi connectivity index (χ0v) is 12.9. The van der Waals surface area contributed by atoms with Crippen LogP contribution in [0, 0.1) is 17.7 Å². The van der Waals surface area contributed by atoms with Crippen LogP contribution in [0.3, 0.4) is 0 Å². The molecule has 116 valence electrons. The second-order valence-corrected chi connectivity index (χ2v) is 8.00. The van der Waals surface area contributed by atoms with Crippen LogP contribution >= 0.6 is 0 Å². The molecule has 21 heavy (non-hydrogen) atoms. The summed E-state index contributed by atoms with van der Waals surface area (Å²) in [5.74, 6) is 0.674. The van der Waals surface area contributed by atoms with Crippen molar-refractivity contribution < 1.29 is 12.8 Å². The fourth-order valence-corrected chi connectivity index (χ4v) is 3.52. The molecule has 2 aliphatic carbocycles. The van der Waals surface area contributed by atoms with E-state index in [0.29, 0.717) is 36.5 Å². The van der Waals surface area contributed by atoms with Gasteiger partial charge in [0.2, 0.25) is 10.0 Å². The molecule has 3 rings (SSSR count). The number of halogens is 1. The maximum absolute atomic E-state index is 13.7. The van der Waals surface area contributed by atoms with Gasteiger partial charge in [-0.15, -0.1) is 0 Å². The van der Waals surface area contributed by atoms with Gasteiger partial charge < -0.3 is 5.32 Å². The molecular weight excluding hydrogens is 291 g/mol. The van der Waals surface area contributed by atoms with Crippen molar-refractivity contribution in [1.29, 1.82) is 0 Å². The molecule has 1 aromatic carbocycles. The summed E-state index contributed by atoms with van der Waals surface area (Å²) in [5.41, 5.74) is 0.407. The Hall–Kier alpha value is -0.980. The van der Waals surface area contributed by atoms with Crippen molar-refractivity contribution in [2.24, 2.45) is 11.8 Å². The number of sulfonamides is 1. The molecule has 0 heterocycles. The highest BCUT2D eigenvalue weighted by molar-refractivity contribution is 7.89. The van der Waals surface area contributed by atoms with E-state index in [1.807, 2.05) is 0 Å². The molecule has 2 fully saturated rings. The minimum atomic E-state index is -3.55. The predicted molar refractivity (Wildman–Crippen MR) is 78.7 cm³/mol. The minimum absolute atomic E-state index is 0.143. The first kappa shape index (κ1) is 14.9. The summed E-state index contributed by atoms with van der Waals surface area (Å²) in [6.45, 7) is 2.95. The third-order valence-electron chi connectivity index (χ3n) is 4.30. The Morgan fingerprint density at radius 2 is 2.05 bits per heavy atom. The average molecular weight is 312 g/mol. The second kappa shape index (κ2) is 5.66. The lowest BCUT2D eigenvalue weighted by molar-refractivity contribution is 0.569. The van der Waals surface area contributed by atoms with Crippen LogP contribution in [0.1, 0.15) is 31.7 Å². The van der Waals surface area contributed by atoms with Crippen LogP contribution in [0.15, 0.2) is 23.1 Å². The summed E-state index contributed by atoms with van der Waals surface area (Å²) >= 11 is 0. The van der Waals surface area contributed by atoms with Crippen LogP contribution in [-0.2, 0) is 16.6 Å². The quantitative estimate of drug-likeness (QED) is 0.810. The minimum Gasteiger partial charge on any atom is -0.310 e. The maximum atomic E-state index is 13.7. The van der Waals surface area contributed by atoms with Crippen LogP contribution < -0.4 is 10.0 Å². The molecule has 2 atom stereocenters. The third-order valence-corrected chi connectivity index (χ3v) is 5.72. The van der Waals surface area contributed by atoms with Crippen LogP contribution in [0.4, 0.5) is 4.39 Å². The third kappa shape index (κ3) is 3.81. The molecule has 0 bridgehead atoms. The predicted octanol–water partition coefficient (Wildman–Crippen LogP) is 2.01. The van der Waals surface area contributed by atoms with E-state index in [0.717, 1.165) is 19.3 Å². The van der Waals surface area contributed by atoms with E-state index < -0.39 is 10.0 Å². The lowest BCUT2D eigenvalue weighted by Crippen LogP contribution is -2.26. The van der Waals surface area contributed by atoms with Crippen LogP contribution in [-0.4, -0.2) is 21.0 Å². The molecule has 4 nitrogen and oxygen atoms in total. The Balaban J connectivity index is 1.68. The standard InChI is InChI=1S/C15H21FN2O2S/c1-10-6-11(10)9-18-21(19,20)14-4-5-15(16)12(7-14)8-17-13-2-3-13/h4-5,7,10-11,13,17-18H,2-3,6,8-9H2,1H3. The first-order chi connectivity index (χ1) is 9.95.